The average Bonchev–Trinajstić information content (AvgIpc) is 3.06. The van der Waals surface area contributed by atoms with E-state index in [0.29, 0.717) is 11.4 Å². The van der Waals surface area contributed by atoms with Crippen LogP contribution in [-0.2, 0) is 12.1 Å². The van der Waals surface area contributed by atoms with Crippen LogP contribution < -0.4 is 0 Å². The van der Waals surface area contributed by atoms with Gasteiger partial charge in [0.05, 0.1) is 11.3 Å². The lowest BCUT2D eigenvalue weighted by atomic mass is 9.95. The number of nitro groups is 1. The third-order valence-electron chi connectivity index (χ3n) is 4.65. The first-order chi connectivity index (χ1) is 13.6. The van der Waals surface area contributed by atoms with Gasteiger partial charge in [-0.3, -0.25) is 14.9 Å². The van der Waals surface area contributed by atoms with Gasteiger partial charge in [0.1, 0.15) is 5.71 Å². The Labute approximate surface area is 163 Å². The first-order valence-corrected chi connectivity index (χ1v) is 8.61. The molecule has 0 saturated carbocycles. The summed E-state index contributed by atoms with van der Waals surface area (Å²) in [5, 5.41) is 25.6. The fraction of sp³-hybridized carbons (Fsp3) is 0.263. The van der Waals surface area contributed by atoms with Crippen molar-refractivity contribution in [3.05, 3.63) is 75.3 Å². The zero-order valence-electron chi connectivity index (χ0n) is 15.2. The van der Waals surface area contributed by atoms with E-state index >= 15 is 0 Å². The largest absolute Gasteiger partial charge is 0.431 e. The van der Waals surface area contributed by atoms with E-state index in [1.165, 1.54) is 12.1 Å². The van der Waals surface area contributed by atoms with Gasteiger partial charge >= 0.3 is 6.18 Å². The SMILES string of the molecule is CCc1ccc(C2(O)CC(C(F)(F)F)=NN2C(=O)c2ccc([N+](=O)[O-])cc2)cc1. The third-order valence-corrected chi connectivity index (χ3v) is 4.65. The second kappa shape index (κ2) is 7.28. The maximum atomic E-state index is 13.3. The molecule has 3 rings (SSSR count). The summed E-state index contributed by atoms with van der Waals surface area (Å²) in [6.07, 6.45) is -5.07. The van der Waals surface area contributed by atoms with Crippen molar-refractivity contribution >= 4 is 17.3 Å². The first kappa shape index (κ1) is 20.5. The number of halogens is 3. The Balaban J connectivity index is 2.03. The number of nitrogens with zero attached hydrogens (tertiary/aromatic N) is 3. The third kappa shape index (κ3) is 3.83. The summed E-state index contributed by atoms with van der Waals surface area (Å²) < 4.78 is 39.8. The number of rotatable bonds is 4. The molecule has 2 aromatic carbocycles. The van der Waals surface area contributed by atoms with Crippen molar-refractivity contribution in [1.82, 2.24) is 5.01 Å². The highest BCUT2D eigenvalue weighted by atomic mass is 19.4. The van der Waals surface area contributed by atoms with Gasteiger partial charge in [0.25, 0.3) is 11.6 Å². The lowest BCUT2D eigenvalue weighted by molar-refractivity contribution is -0.384. The van der Waals surface area contributed by atoms with Gasteiger partial charge in [-0.05, 0) is 24.1 Å². The minimum atomic E-state index is -4.83. The Bertz CT molecular complexity index is 972. The molecule has 1 aliphatic rings. The standard InChI is InChI=1S/C19H16F3N3O4/c1-2-12-3-7-14(8-4-12)18(27)11-16(19(20,21)22)23-24(18)17(26)13-5-9-15(10-6-13)25(28)29/h3-10,27H,2,11H2,1H3. The maximum absolute atomic E-state index is 13.3. The summed E-state index contributed by atoms with van der Waals surface area (Å²) in [6.45, 7) is 1.90. The van der Waals surface area contributed by atoms with E-state index in [0.717, 1.165) is 29.8 Å². The van der Waals surface area contributed by atoms with Crippen molar-refractivity contribution in [3.63, 3.8) is 0 Å². The lowest BCUT2D eigenvalue weighted by Crippen LogP contribution is -2.43. The van der Waals surface area contributed by atoms with E-state index in [1.54, 1.807) is 12.1 Å². The lowest BCUT2D eigenvalue weighted by Gasteiger charge is -2.31. The fourth-order valence-corrected chi connectivity index (χ4v) is 3.00. The maximum Gasteiger partial charge on any atom is 0.431 e. The Hall–Kier alpha value is -3.27. The van der Waals surface area contributed by atoms with Gasteiger partial charge in [0, 0.05) is 23.3 Å². The summed E-state index contributed by atoms with van der Waals surface area (Å²) in [5.74, 6) is -1.01. The van der Waals surface area contributed by atoms with Crippen LogP contribution in [0.15, 0.2) is 53.6 Å². The molecule has 1 N–H and O–H groups in total. The number of hydrazone groups is 1. The van der Waals surface area contributed by atoms with Gasteiger partial charge < -0.3 is 5.11 Å². The number of benzene rings is 2. The molecular weight excluding hydrogens is 391 g/mol. The Kier molecular flexibility index (Phi) is 5.14. The van der Waals surface area contributed by atoms with Crippen molar-refractivity contribution < 1.29 is 28.0 Å². The predicted octanol–water partition coefficient (Wildman–Crippen LogP) is 3.77. The van der Waals surface area contributed by atoms with E-state index in [-0.39, 0.29) is 16.8 Å². The predicted molar refractivity (Wildman–Crippen MR) is 97.1 cm³/mol. The monoisotopic (exact) mass is 407 g/mol. The van der Waals surface area contributed by atoms with E-state index in [1.807, 2.05) is 6.92 Å². The number of carbonyl (C=O) groups excluding carboxylic acids is 1. The van der Waals surface area contributed by atoms with Gasteiger partial charge in [-0.1, -0.05) is 31.2 Å². The number of nitro benzene ring substituents is 1. The normalized spacial score (nSPS) is 19.2. The van der Waals surface area contributed by atoms with Crippen molar-refractivity contribution in [2.75, 3.05) is 0 Å². The van der Waals surface area contributed by atoms with Gasteiger partial charge in [0.2, 0.25) is 0 Å². The van der Waals surface area contributed by atoms with Gasteiger partial charge in [-0.2, -0.15) is 23.3 Å². The van der Waals surface area contributed by atoms with Crippen molar-refractivity contribution in [3.8, 4) is 0 Å². The highest BCUT2D eigenvalue weighted by Crippen LogP contribution is 2.40. The zero-order chi connectivity index (χ0) is 21.4. The molecule has 0 aliphatic carbocycles. The molecule has 1 heterocycles. The van der Waals surface area contributed by atoms with E-state index in [9.17, 15) is 33.2 Å². The molecule has 1 amide bonds. The van der Waals surface area contributed by atoms with Crippen LogP contribution in [0.2, 0.25) is 0 Å². The summed E-state index contributed by atoms with van der Waals surface area (Å²) in [4.78, 5) is 22.9. The second-order valence-corrected chi connectivity index (χ2v) is 6.51. The second-order valence-electron chi connectivity index (χ2n) is 6.51. The number of carbonyl (C=O) groups is 1. The smallest absolute Gasteiger partial charge is 0.365 e. The number of aliphatic hydroxyl groups is 1. The van der Waals surface area contributed by atoms with Crippen LogP contribution in [-0.4, -0.2) is 32.8 Å². The van der Waals surface area contributed by atoms with Crippen molar-refractivity contribution in [2.24, 2.45) is 5.10 Å². The topological polar surface area (TPSA) is 96.0 Å². The molecule has 0 radical (unpaired) electrons. The van der Waals surface area contributed by atoms with Crippen LogP contribution in [0.25, 0.3) is 0 Å². The molecule has 10 heteroatoms. The quantitative estimate of drug-likeness (QED) is 0.617. The molecule has 0 bridgehead atoms. The number of amides is 1. The number of hydrogen-bond donors (Lipinski definition) is 1. The number of non-ortho nitro benzene ring substituents is 1. The minimum absolute atomic E-state index is 0.0768. The van der Waals surface area contributed by atoms with Crippen molar-refractivity contribution in [1.29, 1.82) is 0 Å². The zero-order valence-corrected chi connectivity index (χ0v) is 15.2. The molecule has 1 aliphatic heterocycles. The molecule has 2 aromatic rings. The van der Waals surface area contributed by atoms with E-state index < -0.39 is 34.9 Å². The van der Waals surface area contributed by atoms with Gasteiger partial charge in [-0.15, -0.1) is 0 Å². The fourth-order valence-electron chi connectivity index (χ4n) is 3.00. The molecule has 152 valence electrons. The molecule has 0 fully saturated rings. The van der Waals surface area contributed by atoms with Gasteiger partial charge in [-0.25, -0.2) is 0 Å². The van der Waals surface area contributed by atoms with Gasteiger partial charge in [0.15, 0.2) is 5.72 Å². The summed E-state index contributed by atoms with van der Waals surface area (Å²) >= 11 is 0. The molecule has 0 aromatic heterocycles. The molecule has 0 saturated heterocycles. The molecule has 1 unspecified atom stereocenters. The molecule has 0 spiro atoms. The summed E-state index contributed by atoms with van der Waals surface area (Å²) in [7, 11) is 0. The summed E-state index contributed by atoms with van der Waals surface area (Å²) in [5.41, 5.74) is -3.08. The number of aryl methyl sites for hydroxylation is 1. The van der Waals surface area contributed by atoms with Crippen LogP contribution in [0.5, 0.6) is 0 Å². The van der Waals surface area contributed by atoms with Crippen molar-refractivity contribution in [2.45, 2.75) is 31.7 Å². The van der Waals surface area contributed by atoms with E-state index in [2.05, 4.69) is 5.10 Å². The van der Waals surface area contributed by atoms with Crippen LogP contribution >= 0.6 is 0 Å². The molecule has 29 heavy (non-hydrogen) atoms. The molecule has 1 atom stereocenters. The van der Waals surface area contributed by atoms with Crippen LogP contribution in [0.1, 0.15) is 34.8 Å². The average molecular weight is 407 g/mol. The molecule has 7 nitrogen and oxygen atoms in total. The highest BCUT2D eigenvalue weighted by Gasteiger charge is 2.53. The Morgan fingerprint density at radius 1 is 1.21 bits per heavy atom. The Morgan fingerprint density at radius 2 is 1.79 bits per heavy atom. The van der Waals surface area contributed by atoms with Crippen LogP contribution in [0, 0.1) is 10.1 Å². The molecular formula is C19H16F3N3O4. The summed E-state index contributed by atoms with van der Waals surface area (Å²) in [6, 6.07) is 10.5. The Morgan fingerprint density at radius 3 is 2.28 bits per heavy atom. The first-order valence-electron chi connectivity index (χ1n) is 8.61. The number of hydrogen-bond acceptors (Lipinski definition) is 5. The van der Waals surface area contributed by atoms with E-state index in [4.69, 9.17) is 0 Å². The minimum Gasteiger partial charge on any atom is -0.365 e. The van der Waals surface area contributed by atoms with Crippen LogP contribution in [0.3, 0.4) is 0 Å². The number of alkyl halides is 3. The van der Waals surface area contributed by atoms with Crippen LogP contribution in [0.4, 0.5) is 18.9 Å². The highest BCUT2D eigenvalue weighted by molar-refractivity contribution is 6.00.